The molecule has 0 unspecified atom stereocenters. The standard InChI is InChI=1S/C16H13Cl2NO/c1-11(9-16(20)12-5-3-2-4-6-12)19-15-10-13(17)7-8-14(15)18/h2-10,19H,1H3/b11-9+. The third kappa shape index (κ3) is 3.86. The molecule has 0 radical (unpaired) electrons. The quantitative estimate of drug-likeness (QED) is 0.622. The smallest absolute Gasteiger partial charge is 0.187 e. The van der Waals surface area contributed by atoms with Crippen LogP contribution in [0.2, 0.25) is 10.0 Å². The number of halogens is 2. The van der Waals surface area contributed by atoms with Gasteiger partial charge in [-0.1, -0.05) is 53.5 Å². The van der Waals surface area contributed by atoms with Crippen molar-refractivity contribution in [1.29, 1.82) is 0 Å². The SMILES string of the molecule is C/C(=C\C(=O)c1ccccc1)Nc1cc(Cl)ccc1Cl. The lowest BCUT2D eigenvalue weighted by molar-refractivity contribution is 0.104. The van der Waals surface area contributed by atoms with Gasteiger partial charge in [0.25, 0.3) is 0 Å². The van der Waals surface area contributed by atoms with E-state index in [0.717, 1.165) is 0 Å². The average Bonchev–Trinajstić information content (AvgIpc) is 2.43. The minimum absolute atomic E-state index is 0.0613. The zero-order valence-corrected chi connectivity index (χ0v) is 12.4. The van der Waals surface area contributed by atoms with Crippen LogP contribution in [0, 0.1) is 0 Å². The van der Waals surface area contributed by atoms with Crippen molar-refractivity contribution in [2.45, 2.75) is 6.92 Å². The second-order valence-electron chi connectivity index (χ2n) is 4.31. The van der Waals surface area contributed by atoms with Crippen LogP contribution >= 0.6 is 23.2 Å². The van der Waals surface area contributed by atoms with E-state index in [2.05, 4.69) is 5.32 Å². The second kappa shape index (κ2) is 6.60. The van der Waals surface area contributed by atoms with Crippen molar-refractivity contribution in [3.05, 3.63) is 75.9 Å². The molecule has 2 nitrogen and oxygen atoms in total. The Labute approximate surface area is 128 Å². The summed E-state index contributed by atoms with van der Waals surface area (Å²) in [6.07, 6.45) is 1.53. The fourth-order valence-electron chi connectivity index (χ4n) is 1.72. The van der Waals surface area contributed by atoms with Crippen LogP contribution in [0.4, 0.5) is 5.69 Å². The molecule has 0 aliphatic rings. The van der Waals surface area contributed by atoms with E-state index in [4.69, 9.17) is 23.2 Å². The number of carbonyl (C=O) groups excluding carboxylic acids is 1. The number of nitrogens with one attached hydrogen (secondary N) is 1. The van der Waals surface area contributed by atoms with Crippen LogP contribution in [0.5, 0.6) is 0 Å². The Morgan fingerprint density at radius 2 is 1.80 bits per heavy atom. The number of anilines is 1. The lowest BCUT2D eigenvalue weighted by Gasteiger charge is -2.09. The van der Waals surface area contributed by atoms with Crippen molar-refractivity contribution in [2.75, 3.05) is 5.32 Å². The van der Waals surface area contributed by atoms with Gasteiger partial charge in [-0.05, 0) is 25.1 Å². The number of allylic oxidation sites excluding steroid dienone is 2. The summed E-state index contributed by atoms with van der Waals surface area (Å²) in [5, 5.41) is 4.21. The Balaban J connectivity index is 2.15. The first-order valence-corrected chi connectivity index (χ1v) is 6.81. The molecule has 0 spiro atoms. The Morgan fingerprint density at radius 1 is 1.10 bits per heavy atom. The van der Waals surface area contributed by atoms with Crippen molar-refractivity contribution in [3.63, 3.8) is 0 Å². The molecule has 0 aliphatic heterocycles. The van der Waals surface area contributed by atoms with Gasteiger partial charge in [0.1, 0.15) is 0 Å². The van der Waals surface area contributed by atoms with E-state index in [0.29, 0.717) is 27.0 Å². The maximum atomic E-state index is 12.0. The van der Waals surface area contributed by atoms with E-state index in [9.17, 15) is 4.79 Å². The molecular formula is C16H13Cl2NO. The minimum Gasteiger partial charge on any atom is -0.358 e. The van der Waals surface area contributed by atoms with Gasteiger partial charge in [0.05, 0.1) is 10.7 Å². The van der Waals surface area contributed by atoms with Gasteiger partial charge < -0.3 is 5.32 Å². The summed E-state index contributed by atoms with van der Waals surface area (Å²) >= 11 is 12.0. The monoisotopic (exact) mass is 305 g/mol. The average molecular weight is 306 g/mol. The molecule has 0 saturated carbocycles. The van der Waals surface area contributed by atoms with Crippen LogP contribution in [0.3, 0.4) is 0 Å². The molecular weight excluding hydrogens is 293 g/mol. The normalized spacial score (nSPS) is 11.2. The van der Waals surface area contributed by atoms with Crippen LogP contribution in [0.1, 0.15) is 17.3 Å². The molecule has 4 heteroatoms. The highest BCUT2D eigenvalue weighted by Gasteiger charge is 2.04. The van der Waals surface area contributed by atoms with Gasteiger partial charge in [-0.2, -0.15) is 0 Å². The van der Waals surface area contributed by atoms with Gasteiger partial charge in [-0.3, -0.25) is 4.79 Å². The first-order valence-electron chi connectivity index (χ1n) is 6.06. The number of hydrogen-bond acceptors (Lipinski definition) is 2. The Hall–Kier alpha value is -1.77. The molecule has 0 amide bonds. The Morgan fingerprint density at radius 3 is 2.50 bits per heavy atom. The molecule has 2 aromatic rings. The molecule has 0 aliphatic carbocycles. The lowest BCUT2D eigenvalue weighted by Crippen LogP contribution is -2.01. The van der Waals surface area contributed by atoms with Gasteiger partial charge in [0.2, 0.25) is 0 Å². The number of rotatable bonds is 4. The summed E-state index contributed by atoms with van der Waals surface area (Å²) in [5.74, 6) is -0.0613. The highest BCUT2D eigenvalue weighted by atomic mass is 35.5. The van der Waals surface area contributed by atoms with Crippen molar-refractivity contribution < 1.29 is 4.79 Å². The van der Waals surface area contributed by atoms with Gasteiger partial charge in [-0.25, -0.2) is 0 Å². The van der Waals surface area contributed by atoms with E-state index in [1.54, 1.807) is 37.3 Å². The van der Waals surface area contributed by atoms with Gasteiger partial charge in [-0.15, -0.1) is 0 Å². The van der Waals surface area contributed by atoms with Gasteiger partial charge in [0.15, 0.2) is 5.78 Å². The van der Waals surface area contributed by atoms with Crippen LogP contribution < -0.4 is 5.32 Å². The van der Waals surface area contributed by atoms with E-state index < -0.39 is 0 Å². The molecule has 20 heavy (non-hydrogen) atoms. The van der Waals surface area contributed by atoms with Gasteiger partial charge in [0, 0.05) is 22.4 Å². The summed E-state index contributed by atoms with van der Waals surface area (Å²) in [4.78, 5) is 12.0. The van der Waals surface area contributed by atoms with Crippen molar-refractivity contribution in [2.24, 2.45) is 0 Å². The number of hydrogen-bond donors (Lipinski definition) is 1. The zero-order chi connectivity index (χ0) is 14.5. The van der Waals surface area contributed by atoms with Crippen molar-refractivity contribution >= 4 is 34.7 Å². The molecule has 0 bridgehead atoms. The summed E-state index contributed by atoms with van der Waals surface area (Å²) in [5.41, 5.74) is 2.02. The summed E-state index contributed by atoms with van der Waals surface area (Å²) in [7, 11) is 0. The summed E-state index contributed by atoms with van der Waals surface area (Å²) in [6.45, 7) is 1.80. The molecule has 0 heterocycles. The van der Waals surface area contributed by atoms with E-state index in [1.165, 1.54) is 6.08 Å². The van der Waals surface area contributed by atoms with Crippen LogP contribution in [0.15, 0.2) is 60.3 Å². The van der Waals surface area contributed by atoms with Crippen molar-refractivity contribution in [3.8, 4) is 0 Å². The Bertz CT molecular complexity index is 651. The maximum Gasteiger partial charge on any atom is 0.187 e. The predicted octanol–water partition coefficient (Wildman–Crippen LogP) is 5.19. The summed E-state index contributed by atoms with van der Waals surface area (Å²) < 4.78 is 0. The second-order valence-corrected chi connectivity index (χ2v) is 5.15. The highest BCUT2D eigenvalue weighted by molar-refractivity contribution is 6.35. The number of benzene rings is 2. The first-order chi connectivity index (χ1) is 9.56. The third-order valence-electron chi connectivity index (χ3n) is 2.67. The summed E-state index contributed by atoms with van der Waals surface area (Å²) in [6, 6.07) is 14.2. The fraction of sp³-hybridized carbons (Fsp3) is 0.0625. The zero-order valence-electron chi connectivity index (χ0n) is 10.9. The molecule has 0 atom stereocenters. The van der Waals surface area contributed by atoms with E-state index in [-0.39, 0.29) is 5.78 Å². The first kappa shape index (κ1) is 14.6. The van der Waals surface area contributed by atoms with E-state index in [1.807, 2.05) is 18.2 Å². The van der Waals surface area contributed by atoms with Gasteiger partial charge >= 0.3 is 0 Å². The van der Waals surface area contributed by atoms with Crippen LogP contribution in [-0.2, 0) is 0 Å². The molecule has 0 fully saturated rings. The molecule has 0 aromatic heterocycles. The van der Waals surface area contributed by atoms with Crippen LogP contribution in [0.25, 0.3) is 0 Å². The van der Waals surface area contributed by atoms with Crippen LogP contribution in [-0.4, -0.2) is 5.78 Å². The minimum atomic E-state index is -0.0613. The topological polar surface area (TPSA) is 29.1 Å². The fourth-order valence-corrected chi connectivity index (χ4v) is 2.06. The maximum absolute atomic E-state index is 12.0. The molecule has 2 rings (SSSR count). The molecule has 1 N–H and O–H groups in total. The number of ketones is 1. The lowest BCUT2D eigenvalue weighted by atomic mass is 10.1. The molecule has 2 aromatic carbocycles. The molecule has 102 valence electrons. The van der Waals surface area contributed by atoms with Crippen molar-refractivity contribution in [1.82, 2.24) is 0 Å². The largest absolute Gasteiger partial charge is 0.358 e. The van der Waals surface area contributed by atoms with E-state index >= 15 is 0 Å². The third-order valence-corrected chi connectivity index (χ3v) is 3.23. The predicted molar refractivity (Wildman–Crippen MR) is 84.6 cm³/mol. The molecule has 0 saturated heterocycles. The Kier molecular flexibility index (Phi) is 4.83. The highest BCUT2D eigenvalue weighted by Crippen LogP contribution is 2.26. The number of carbonyl (C=O) groups is 1.